The van der Waals surface area contributed by atoms with Crippen LogP contribution in [0.5, 0.6) is 0 Å². The van der Waals surface area contributed by atoms with E-state index in [-0.39, 0.29) is 64.8 Å². The van der Waals surface area contributed by atoms with Crippen molar-refractivity contribution in [3.05, 3.63) is 65.9 Å². The topological polar surface area (TPSA) is 109 Å². The van der Waals surface area contributed by atoms with Crippen molar-refractivity contribution in [1.29, 1.82) is 0 Å². The van der Waals surface area contributed by atoms with E-state index in [0.717, 1.165) is 18.5 Å². The van der Waals surface area contributed by atoms with Gasteiger partial charge in [-0.2, -0.15) is 13.2 Å². The standard InChI is InChI=1S/C23H18F5N7O2.2ClH/c24-15-5-13(21(36)37)1-2-17(15)33-19-18-16(25)10-35(20(18)32-11-31-19)9-12-3-4-34(8-12)22-29-6-14(7-30-22)23(26,27)28;;/h1-2,5-7,10-12H,3-4,8-9H2,(H,36,37)(H,31,32,33);2*1H/t12-;;/m0../s1. The summed E-state index contributed by atoms with van der Waals surface area (Å²) in [4.78, 5) is 28.6. The second-order valence-electron chi connectivity index (χ2n) is 8.55. The van der Waals surface area contributed by atoms with Crippen LogP contribution in [0.1, 0.15) is 22.3 Å². The third-order valence-electron chi connectivity index (χ3n) is 6.07. The average Bonchev–Trinajstić information content (AvgIpc) is 3.45. The number of aromatic carboxylic acids is 1. The highest BCUT2D eigenvalue weighted by atomic mass is 35.5. The summed E-state index contributed by atoms with van der Waals surface area (Å²) in [5, 5.41) is 11.7. The molecule has 9 nitrogen and oxygen atoms in total. The first-order chi connectivity index (χ1) is 17.6. The van der Waals surface area contributed by atoms with Gasteiger partial charge in [0.15, 0.2) is 5.82 Å². The third-order valence-corrected chi connectivity index (χ3v) is 6.07. The van der Waals surface area contributed by atoms with Gasteiger partial charge in [0.2, 0.25) is 5.95 Å². The molecule has 4 aromatic rings. The molecule has 5 rings (SSSR count). The fraction of sp³-hybridized carbons (Fsp3) is 0.261. The van der Waals surface area contributed by atoms with Crippen molar-refractivity contribution in [1.82, 2.24) is 24.5 Å². The number of rotatable bonds is 6. The minimum Gasteiger partial charge on any atom is -0.478 e. The van der Waals surface area contributed by atoms with Crippen LogP contribution < -0.4 is 10.2 Å². The summed E-state index contributed by atoms with van der Waals surface area (Å²) in [5.41, 5.74) is -0.981. The molecule has 16 heteroatoms. The van der Waals surface area contributed by atoms with E-state index in [2.05, 4.69) is 25.3 Å². The Morgan fingerprint density at radius 3 is 2.44 bits per heavy atom. The predicted octanol–water partition coefficient (Wildman–Crippen LogP) is 5.33. The molecule has 4 heterocycles. The van der Waals surface area contributed by atoms with Crippen LogP contribution in [0.25, 0.3) is 11.0 Å². The maximum absolute atomic E-state index is 15.0. The number of benzene rings is 1. The number of hydrogen-bond acceptors (Lipinski definition) is 7. The molecule has 39 heavy (non-hydrogen) atoms. The van der Waals surface area contributed by atoms with E-state index in [0.29, 0.717) is 26.1 Å². The molecule has 0 amide bonds. The van der Waals surface area contributed by atoms with Crippen molar-refractivity contribution < 1.29 is 31.9 Å². The Bertz CT molecular complexity index is 1480. The molecule has 0 bridgehead atoms. The smallest absolute Gasteiger partial charge is 0.419 e. The van der Waals surface area contributed by atoms with Gasteiger partial charge in [0, 0.05) is 38.2 Å². The van der Waals surface area contributed by atoms with Crippen LogP contribution >= 0.6 is 24.8 Å². The Kier molecular flexibility index (Phi) is 8.80. The summed E-state index contributed by atoms with van der Waals surface area (Å²) in [6.07, 6.45) is 0.0900. The van der Waals surface area contributed by atoms with Gasteiger partial charge in [0.05, 0.1) is 22.2 Å². The number of hydrogen-bond donors (Lipinski definition) is 2. The number of fused-ring (bicyclic) bond motifs is 1. The SMILES string of the molecule is Cl.Cl.O=C(O)c1ccc(Nc2ncnc3c2c(F)cn3C[C@H]2CCN(c3ncc(C(F)(F)F)cn3)C2)c(F)c1. The molecule has 1 aromatic carbocycles. The molecule has 208 valence electrons. The van der Waals surface area contributed by atoms with Gasteiger partial charge < -0.3 is 19.9 Å². The fourth-order valence-corrected chi connectivity index (χ4v) is 4.26. The number of nitrogens with one attached hydrogen (secondary N) is 1. The zero-order valence-electron chi connectivity index (χ0n) is 19.7. The van der Waals surface area contributed by atoms with Gasteiger partial charge in [-0.3, -0.25) is 0 Å². The lowest BCUT2D eigenvalue weighted by Crippen LogP contribution is -2.23. The Morgan fingerprint density at radius 1 is 1.08 bits per heavy atom. The summed E-state index contributed by atoms with van der Waals surface area (Å²) in [5.74, 6) is -2.57. The van der Waals surface area contributed by atoms with Crippen LogP contribution in [0.15, 0.2) is 43.1 Å². The van der Waals surface area contributed by atoms with Crippen molar-refractivity contribution in [3.63, 3.8) is 0 Å². The maximum atomic E-state index is 15.0. The van der Waals surface area contributed by atoms with Gasteiger partial charge in [-0.1, -0.05) is 0 Å². The predicted molar refractivity (Wildman–Crippen MR) is 136 cm³/mol. The number of nitrogens with zero attached hydrogens (tertiary/aromatic N) is 6. The summed E-state index contributed by atoms with van der Waals surface area (Å²) < 4.78 is 69.2. The van der Waals surface area contributed by atoms with Crippen molar-refractivity contribution in [3.8, 4) is 0 Å². The Hall–Kier alpha value is -3.78. The zero-order chi connectivity index (χ0) is 26.3. The monoisotopic (exact) mass is 591 g/mol. The summed E-state index contributed by atoms with van der Waals surface area (Å²) in [6.45, 7) is 1.32. The average molecular weight is 592 g/mol. The molecule has 1 saturated heterocycles. The number of aromatic nitrogens is 5. The van der Waals surface area contributed by atoms with Crippen LogP contribution in [-0.2, 0) is 12.7 Å². The molecule has 1 fully saturated rings. The molecule has 0 saturated carbocycles. The first-order valence-electron chi connectivity index (χ1n) is 11.0. The largest absolute Gasteiger partial charge is 0.478 e. The Balaban J connectivity index is 0.00000210. The molecule has 2 N–H and O–H groups in total. The highest BCUT2D eigenvalue weighted by molar-refractivity contribution is 5.91. The molecule has 0 unspecified atom stereocenters. The normalized spacial score (nSPS) is 15.1. The van der Waals surface area contributed by atoms with E-state index in [1.165, 1.54) is 24.7 Å². The molecule has 1 aliphatic rings. The van der Waals surface area contributed by atoms with Gasteiger partial charge in [-0.25, -0.2) is 33.5 Å². The van der Waals surface area contributed by atoms with Crippen LogP contribution in [0.4, 0.5) is 39.4 Å². The van der Waals surface area contributed by atoms with Gasteiger partial charge in [-0.05, 0) is 30.5 Å². The quantitative estimate of drug-likeness (QED) is 0.290. The van der Waals surface area contributed by atoms with E-state index < -0.39 is 29.3 Å². The molecule has 1 atom stereocenters. The van der Waals surface area contributed by atoms with Crippen molar-refractivity contribution in [2.75, 3.05) is 23.3 Å². The zero-order valence-corrected chi connectivity index (χ0v) is 21.3. The van der Waals surface area contributed by atoms with Crippen molar-refractivity contribution in [2.45, 2.75) is 19.1 Å². The van der Waals surface area contributed by atoms with Crippen molar-refractivity contribution in [2.24, 2.45) is 5.92 Å². The lowest BCUT2D eigenvalue weighted by Gasteiger charge is -2.17. The van der Waals surface area contributed by atoms with E-state index in [1.807, 2.05) is 0 Å². The number of carboxylic acid groups (broad SMARTS) is 1. The third kappa shape index (κ3) is 6.11. The fourth-order valence-electron chi connectivity index (χ4n) is 4.26. The van der Waals surface area contributed by atoms with E-state index in [1.54, 1.807) is 9.47 Å². The summed E-state index contributed by atoms with van der Waals surface area (Å²) in [6, 6.07) is 3.27. The van der Waals surface area contributed by atoms with Gasteiger partial charge in [-0.15, -0.1) is 24.8 Å². The van der Waals surface area contributed by atoms with Crippen LogP contribution in [0.3, 0.4) is 0 Å². The Morgan fingerprint density at radius 2 is 1.79 bits per heavy atom. The second kappa shape index (κ2) is 11.5. The maximum Gasteiger partial charge on any atom is 0.419 e. The first-order valence-corrected chi connectivity index (χ1v) is 11.0. The molecular formula is C23H20Cl2F5N7O2. The van der Waals surface area contributed by atoms with E-state index in [4.69, 9.17) is 5.11 Å². The first kappa shape index (κ1) is 29.8. The molecular weight excluding hydrogens is 572 g/mol. The summed E-state index contributed by atoms with van der Waals surface area (Å²) >= 11 is 0. The van der Waals surface area contributed by atoms with Gasteiger partial charge in [0.25, 0.3) is 0 Å². The van der Waals surface area contributed by atoms with Crippen LogP contribution in [-0.4, -0.2) is 48.7 Å². The van der Waals surface area contributed by atoms with Crippen molar-refractivity contribution >= 4 is 59.3 Å². The number of carbonyl (C=O) groups is 1. The number of anilines is 3. The van der Waals surface area contributed by atoms with E-state index in [9.17, 15) is 26.7 Å². The lowest BCUT2D eigenvalue weighted by molar-refractivity contribution is -0.138. The molecule has 0 radical (unpaired) electrons. The molecule has 0 spiro atoms. The number of halogens is 7. The van der Waals surface area contributed by atoms with E-state index >= 15 is 0 Å². The highest BCUT2D eigenvalue weighted by Crippen LogP contribution is 2.31. The van der Waals surface area contributed by atoms with Crippen LogP contribution in [0, 0.1) is 17.6 Å². The minimum atomic E-state index is -4.52. The van der Waals surface area contributed by atoms with Gasteiger partial charge in [0.1, 0.15) is 23.6 Å². The molecule has 1 aliphatic heterocycles. The van der Waals surface area contributed by atoms with Gasteiger partial charge >= 0.3 is 12.1 Å². The minimum absolute atomic E-state index is 0. The molecule has 3 aromatic heterocycles. The number of carboxylic acids is 1. The molecule has 0 aliphatic carbocycles. The van der Waals surface area contributed by atoms with Crippen LogP contribution in [0.2, 0.25) is 0 Å². The second-order valence-corrected chi connectivity index (χ2v) is 8.55. The number of alkyl halides is 3. The summed E-state index contributed by atoms with van der Waals surface area (Å²) in [7, 11) is 0. The Labute approximate surface area is 229 Å². The lowest BCUT2D eigenvalue weighted by atomic mass is 10.1. The highest BCUT2D eigenvalue weighted by Gasteiger charge is 2.32.